The lowest BCUT2D eigenvalue weighted by Gasteiger charge is -2.47. The minimum Gasteiger partial charge on any atom is -0.497 e. The van der Waals surface area contributed by atoms with Crippen LogP contribution in [0.3, 0.4) is 0 Å². The number of anilines is 1. The average molecular weight is 553 g/mol. The zero-order chi connectivity index (χ0) is 28.4. The van der Waals surface area contributed by atoms with Gasteiger partial charge in [0.05, 0.1) is 25.3 Å². The van der Waals surface area contributed by atoms with Crippen molar-refractivity contribution in [3.05, 3.63) is 89.0 Å². The summed E-state index contributed by atoms with van der Waals surface area (Å²) in [5, 5.41) is 0. The third kappa shape index (κ3) is 6.43. The van der Waals surface area contributed by atoms with Gasteiger partial charge in [-0.15, -0.1) is 0 Å². The van der Waals surface area contributed by atoms with Crippen LogP contribution in [0.1, 0.15) is 29.2 Å². The summed E-state index contributed by atoms with van der Waals surface area (Å²) in [4.78, 5) is 4.28. The first kappa shape index (κ1) is 28.6. The average Bonchev–Trinajstić information content (AvgIpc) is 2.92. The first-order valence-corrected chi connectivity index (χ1v) is 12.4. The number of ether oxygens (including phenoxy) is 2. The van der Waals surface area contributed by atoms with Gasteiger partial charge in [-0.1, -0.05) is 30.3 Å². The SMILES string of the molecule is COc1cc(OC)cc(N2CCN(C(C)(Cc3cc(C(F)(F)F)cc(C(F)(F)F)c3)c3ccccc3)CC2)c1. The molecule has 10 heteroatoms. The Morgan fingerprint density at radius 2 is 1.18 bits per heavy atom. The van der Waals surface area contributed by atoms with Gasteiger partial charge in [0.15, 0.2) is 0 Å². The number of benzene rings is 3. The van der Waals surface area contributed by atoms with Crippen LogP contribution in [-0.4, -0.2) is 45.3 Å². The van der Waals surface area contributed by atoms with Gasteiger partial charge in [0.25, 0.3) is 0 Å². The van der Waals surface area contributed by atoms with Crippen LogP contribution in [0.25, 0.3) is 0 Å². The fourth-order valence-corrected chi connectivity index (χ4v) is 5.15. The van der Waals surface area contributed by atoms with E-state index in [1.54, 1.807) is 20.3 Å². The van der Waals surface area contributed by atoms with E-state index in [1.165, 1.54) is 0 Å². The van der Waals surface area contributed by atoms with Crippen molar-refractivity contribution in [3.63, 3.8) is 0 Å². The summed E-state index contributed by atoms with van der Waals surface area (Å²) in [5.41, 5.74) is -1.78. The molecule has 0 radical (unpaired) electrons. The molecule has 3 aromatic rings. The standard InChI is InChI=1S/C29H30F6N2O2/c1-27(21-7-5-4-6-8-21,19-20-13-22(28(30,31)32)15-23(14-20)29(33,34)35)37-11-9-36(10-12-37)24-16-25(38-2)18-26(17-24)39-3/h4-8,13-18H,9-12,19H2,1-3H3. The van der Waals surface area contributed by atoms with Crippen molar-refractivity contribution in [2.75, 3.05) is 45.3 Å². The molecule has 0 amide bonds. The molecule has 0 aromatic heterocycles. The third-order valence-corrected chi connectivity index (χ3v) is 7.27. The summed E-state index contributed by atoms with van der Waals surface area (Å²) in [7, 11) is 3.14. The summed E-state index contributed by atoms with van der Waals surface area (Å²) >= 11 is 0. The molecule has 1 fully saturated rings. The molecule has 39 heavy (non-hydrogen) atoms. The van der Waals surface area contributed by atoms with Crippen LogP contribution in [0.15, 0.2) is 66.7 Å². The number of halogens is 6. The fourth-order valence-electron chi connectivity index (χ4n) is 5.15. The maximum atomic E-state index is 13.6. The molecule has 0 saturated carbocycles. The van der Waals surface area contributed by atoms with Crippen LogP contribution in [0, 0.1) is 0 Å². The molecule has 1 saturated heterocycles. The summed E-state index contributed by atoms with van der Waals surface area (Å²) in [6.07, 6.45) is -9.83. The van der Waals surface area contributed by atoms with Gasteiger partial charge in [-0.25, -0.2) is 0 Å². The summed E-state index contributed by atoms with van der Waals surface area (Å²) < 4.78 is 92.1. The Bertz CT molecular complexity index is 1220. The molecule has 0 aliphatic carbocycles. The first-order valence-electron chi connectivity index (χ1n) is 12.4. The maximum absolute atomic E-state index is 13.6. The van der Waals surface area contributed by atoms with Crippen LogP contribution in [0.2, 0.25) is 0 Å². The van der Waals surface area contributed by atoms with Crippen LogP contribution >= 0.6 is 0 Å². The molecule has 0 bridgehead atoms. The predicted octanol–water partition coefficient (Wildman–Crippen LogP) is 7.02. The van der Waals surface area contributed by atoms with Crippen molar-refractivity contribution in [1.29, 1.82) is 0 Å². The zero-order valence-corrected chi connectivity index (χ0v) is 21.9. The van der Waals surface area contributed by atoms with Crippen LogP contribution in [0.4, 0.5) is 32.0 Å². The van der Waals surface area contributed by atoms with Crippen LogP contribution < -0.4 is 14.4 Å². The topological polar surface area (TPSA) is 24.9 Å². The highest BCUT2D eigenvalue weighted by molar-refractivity contribution is 5.56. The van der Waals surface area contributed by atoms with E-state index in [-0.39, 0.29) is 18.1 Å². The van der Waals surface area contributed by atoms with E-state index in [9.17, 15) is 26.3 Å². The number of alkyl halides is 6. The Morgan fingerprint density at radius 1 is 0.667 bits per heavy atom. The van der Waals surface area contributed by atoms with Gasteiger partial charge < -0.3 is 14.4 Å². The molecule has 1 aliphatic heterocycles. The second-order valence-corrected chi connectivity index (χ2v) is 9.78. The molecule has 1 atom stereocenters. The van der Waals surface area contributed by atoms with Crippen molar-refractivity contribution < 1.29 is 35.8 Å². The van der Waals surface area contributed by atoms with Gasteiger partial charge in [0.2, 0.25) is 0 Å². The summed E-state index contributed by atoms with van der Waals surface area (Å²) in [5.74, 6) is 1.29. The summed E-state index contributed by atoms with van der Waals surface area (Å²) in [6.45, 7) is 4.14. The van der Waals surface area contributed by atoms with Crippen molar-refractivity contribution in [2.45, 2.75) is 31.2 Å². The van der Waals surface area contributed by atoms with Gasteiger partial charge in [0.1, 0.15) is 11.5 Å². The quantitative estimate of drug-likeness (QED) is 0.294. The van der Waals surface area contributed by atoms with Gasteiger partial charge in [0, 0.05) is 55.6 Å². The molecule has 1 unspecified atom stereocenters. The van der Waals surface area contributed by atoms with Gasteiger partial charge in [-0.3, -0.25) is 4.90 Å². The van der Waals surface area contributed by atoms with Crippen molar-refractivity contribution in [1.82, 2.24) is 4.90 Å². The number of piperazine rings is 1. The van der Waals surface area contributed by atoms with E-state index in [0.717, 1.165) is 23.4 Å². The molecule has 210 valence electrons. The lowest BCUT2D eigenvalue weighted by Crippen LogP contribution is -2.55. The second-order valence-electron chi connectivity index (χ2n) is 9.78. The molecule has 0 N–H and O–H groups in total. The Balaban J connectivity index is 1.66. The molecule has 1 aliphatic rings. The molecular formula is C29H30F6N2O2. The number of rotatable bonds is 7. The maximum Gasteiger partial charge on any atom is 0.416 e. The monoisotopic (exact) mass is 552 g/mol. The van der Waals surface area contributed by atoms with Crippen molar-refractivity contribution in [3.8, 4) is 11.5 Å². The largest absolute Gasteiger partial charge is 0.497 e. The van der Waals surface area contributed by atoms with E-state index in [0.29, 0.717) is 37.7 Å². The molecular weight excluding hydrogens is 522 g/mol. The van der Waals surface area contributed by atoms with E-state index >= 15 is 0 Å². The normalized spacial score (nSPS) is 16.6. The Kier molecular flexibility index (Phi) is 8.07. The fraction of sp³-hybridized carbons (Fsp3) is 0.379. The third-order valence-electron chi connectivity index (χ3n) is 7.27. The lowest BCUT2D eigenvalue weighted by molar-refractivity contribution is -0.143. The minimum absolute atomic E-state index is 0.0246. The highest BCUT2D eigenvalue weighted by Crippen LogP contribution is 2.40. The van der Waals surface area contributed by atoms with E-state index in [4.69, 9.17) is 9.47 Å². The lowest BCUT2D eigenvalue weighted by atomic mass is 9.82. The molecule has 4 nitrogen and oxygen atoms in total. The molecule has 0 spiro atoms. The Hall–Kier alpha value is -3.40. The highest BCUT2D eigenvalue weighted by atomic mass is 19.4. The molecule has 3 aromatic carbocycles. The van der Waals surface area contributed by atoms with E-state index in [1.807, 2.05) is 49.4 Å². The minimum atomic E-state index is -4.90. The number of hydrogen-bond donors (Lipinski definition) is 0. The zero-order valence-electron chi connectivity index (χ0n) is 21.9. The van der Waals surface area contributed by atoms with Crippen molar-refractivity contribution >= 4 is 5.69 Å². The van der Waals surface area contributed by atoms with Crippen LogP contribution in [0.5, 0.6) is 11.5 Å². The molecule has 4 rings (SSSR count). The van der Waals surface area contributed by atoms with Gasteiger partial charge >= 0.3 is 12.4 Å². The number of nitrogens with zero attached hydrogens (tertiary/aromatic N) is 2. The van der Waals surface area contributed by atoms with E-state index < -0.39 is 29.0 Å². The van der Waals surface area contributed by atoms with Gasteiger partial charge in [-0.05, 0) is 42.7 Å². The van der Waals surface area contributed by atoms with Crippen molar-refractivity contribution in [2.24, 2.45) is 0 Å². The van der Waals surface area contributed by atoms with Crippen LogP contribution in [-0.2, 0) is 24.3 Å². The second kappa shape index (κ2) is 11.0. The number of methoxy groups -OCH3 is 2. The van der Waals surface area contributed by atoms with Gasteiger partial charge in [-0.2, -0.15) is 26.3 Å². The summed E-state index contributed by atoms with van der Waals surface area (Å²) in [6, 6.07) is 16.6. The Labute approximate surface area is 223 Å². The Morgan fingerprint density at radius 3 is 1.64 bits per heavy atom. The molecule has 1 heterocycles. The smallest absolute Gasteiger partial charge is 0.416 e. The number of hydrogen-bond acceptors (Lipinski definition) is 4. The predicted molar refractivity (Wildman–Crippen MR) is 137 cm³/mol. The van der Waals surface area contributed by atoms with E-state index in [2.05, 4.69) is 9.80 Å². The highest BCUT2D eigenvalue weighted by Gasteiger charge is 2.40. The first-order chi connectivity index (χ1) is 18.3.